The average molecular weight is 369 g/mol. The molecule has 3 nitrogen and oxygen atoms in total. The first-order chi connectivity index (χ1) is 11.5. The first-order valence-electron chi connectivity index (χ1n) is 7.68. The molecule has 1 unspecified atom stereocenters. The highest BCUT2D eigenvalue weighted by Crippen LogP contribution is 2.37. The predicted molar refractivity (Wildman–Crippen MR) is 76.7 cm³/mol. The van der Waals surface area contributed by atoms with Crippen LogP contribution in [0.4, 0.5) is 26.3 Å². The summed E-state index contributed by atoms with van der Waals surface area (Å²) in [6.45, 7) is 0.373. The minimum Gasteiger partial charge on any atom is -0.481 e. The largest absolute Gasteiger partial charge is 0.481 e. The Hall–Kier alpha value is -1.77. The number of carboxylic acid groups (broad SMARTS) is 1. The molecular formula is C16H17F6NO2. The van der Waals surface area contributed by atoms with Crippen LogP contribution in [-0.4, -0.2) is 29.1 Å². The zero-order valence-electron chi connectivity index (χ0n) is 13.1. The van der Waals surface area contributed by atoms with Gasteiger partial charge in [-0.05, 0) is 49.1 Å². The van der Waals surface area contributed by atoms with Crippen LogP contribution in [0.15, 0.2) is 18.2 Å². The number of likely N-dealkylation sites (tertiary alicyclic amines) is 1. The maximum atomic E-state index is 13.1. The number of halogens is 6. The van der Waals surface area contributed by atoms with Gasteiger partial charge in [-0.15, -0.1) is 0 Å². The van der Waals surface area contributed by atoms with E-state index in [0.717, 1.165) is 0 Å². The minimum absolute atomic E-state index is 0.106. The van der Waals surface area contributed by atoms with E-state index in [9.17, 15) is 31.1 Å². The summed E-state index contributed by atoms with van der Waals surface area (Å²) in [6, 6.07) is 1.41. The molecule has 1 heterocycles. The van der Waals surface area contributed by atoms with Crippen molar-refractivity contribution in [2.24, 2.45) is 5.92 Å². The fourth-order valence-electron chi connectivity index (χ4n) is 3.13. The summed E-state index contributed by atoms with van der Waals surface area (Å²) in [6.07, 6.45) is -8.36. The van der Waals surface area contributed by atoms with E-state index in [4.69, 9.17) is 5.11 Å². The Balaban J connectivity index is 2.25. The molecule has 0 spiro atoms. The highest BCUT2D eigenvalue weighted by Gasteiger charge is 2.37. The molecule has 1 N–H and O–H groups in total. The number of hydrogen-bond donors (Lipinski definition) is 1. The lowest BCUT2D eigenvalue weighted by atomic mass is 9.94. The molecule has 1 aliphatic heterocycles. The highest BCUT2D eigenvalue weighted by atomic mass is 19.4. The van der Waals surface area contributed by atoms with Gasteiger partial charge in [0, 0.05) is 19.5 Å². The van der Waals surface area contributed by atoms with Crippen molar-refractivity contribution in [2.75, 3.05) is 13.1 Å². The Morgan fingerprint density at radius 2 is 1.84 bits per heavy atom. The molecule has 0 amide bonds. The topological polar surface area (TPSA) is 40.5 Å². The number of nitrogens with zero attached hydrogens (tertiary/aromatic N) is 1. The van der Waals surface area contributed by atoms with Gasteiger partial charge >= 0.3 is 18.3 Å². The highest BCUT2D eigenvalue weighted by molar-refractivity contribution is 5.67. The van der Waals surface area contributed by atoms with Gasteiger partial charge in [-0.1, -0.05) is 0 Å². The van der Waals surface area contributed by atoms with Gasteiger partial charge in [0.05, 0.1) is 11.1 Å². The summed E-state index contributed by atoms with van der Waals surface area (Å²) < 4.78 is 77.8. The smallest absolute Gasteiger partial charge is 0.416 e. The predicted octanol–water partition coefficient (Wildman–Crippen LogP) is 4.41. The third kappa shape index (κ3) is 5.35. The molecule has 25 heavy (non-hydrogen) atoms. The molecule has 0 saturated carbocycles. The maximum Gasteiger partial charge on any atom is 0.416 e. The van der Waals surface area contributed by atoms with Crippen molar-refractivity contribution < 1.29 is 36.2 Å². The monoisotopic (exact) mass is 369 g/mol. The Morgan fingerprint density at radius 3 is 2.40 bits per heavy atom. The quantitative estimate of drug-likeness (QED) is 0.800. The lowest BCUT2D eigenvalue weighted by molar-refractivity contribution is -0.142. The molecule has 1 aromatic rings. The summed E-state index contributed by atoms with van der Waals surface area (Å²) in [5, 5.41) is 8.83. The Kier molecular flexibility index (Phi) is 5.65. The molecule has 1 saturated heterocycles. The zero-order valence-corrected chi connectivity index (χ0v) is 13.1. The number of piperidine rings is 1. The summed E-state index contributed by atoms with van der Waals surface area (Å²) >= 11 is 0. The van der Waals surface area contributed by atoms with E-state index >= 15 is 0 Å². The normalized spacial score (nSPS) is 19.8. The molecule has 1 fully saturated rings. The third-order valence-electron chi connectivity index (χ3n) is 4.20. The second-order valence-corrected chi connectivity index (χ2v) is 6.21. The van der Waals surface area contributed by atoms with Crippen molar-refractivity contribution in [1.29, 1.82) is 0 Å². The number of aliphatic carboxylic acids is 1. The van der Waals surface area contributed by atoms with Gasteiger partial charge in [0.15, 0.2) is 0 Å². The summed E-state index contributed by atoms with van der Waals surface area (Å²) in [4.78, 5) is 12.4. The molecule has 1 atom stereocenters. The molecule has 0 aromatic heterocycles. The maximum absolute atomic E-state index is 13.1. The van der Waals surface area contributed by atoms with E-state index in [-0.39, 0.29) is 25.4 Å². The van der Waals surface area contributed by atoms with Crippen LogP contribution < -0.4 is 0 Å². The SMILES string of the molecule is O=C(O)CC1CCCN(Cc2cc(C(F)(F)F)ccc2C(F)(F)F)C1. The van der Waals surface area contributed by atoms with Gasteiger partial charge in [0.1, 0.15) is 0 Å². The fourth-order valence-corrected chi connectivity index (χ4v) is 3.13. The van der Waals surface area contributed by atoms with E-state index in [2.05, 4.69) is 0 Å². The molecule has 140 valence electrons. The summed E-state index contributed by atoms with van der Waals surface area (Å²) in [7, 11) is 0. The molecule has 1 aromatic carbocycles. The number of alkyl halides is 6. The third-order valence-corrected chi connectivity index (χ3v) is 4.20. The van der Waals surface area contributed by atoms with E-state index in [1.54, 1.807) is 4.90 Å². The Bertz CT molecular complexity index is 626. The number of carbonyl (C=O) groups is 1. The summed E-state index contributed by atoms with van der Waals surface area (Å²) in [5.41, 5.74) is -2.67. The summed E-state index contributed by atoms with van der Waals surface area (Å²) in [5.74, 6) is -1.21. The van der Waals surface area contributed by atoms with Crippen LogP contribution in [0, 0.1) is 5.92 Å². The van der Waals surface area contributed by atoms with Crippen LogP contribution in [-0.2, 0) is 23.7 Å². The van der Waals surface area contributed by atoms with Gasteiger partial charge < -0.3 is 5.11 Å². The fraction of sp³-hybridized carbons (Fsp3) is 0.562. The molecule has 0 bridgehead atoms. The van der Waals surface area contributed by atoms with E-state index in [1.165, 1.54) is 0 Å². The van der Waals surface area contributed by atoms with Gasteiger partial charge in [0.2, 0.25) is 0 Å². The molecular weight excluding hydrogens is 352 g/mol. The Labute approximate surface area is 140 Å². The molecule has 9 heteroatoms. The Morgan fingerprint density at radius 1 is 1.16 bits per heavy atom. The van der Waals surface area contributed by atoms with Crippen LogP contribution in [0.5, 0.6) is 0 Å². The second kappa shape index (κ2) is 7.23. The van der Waals surface area contributed by atoms with E-state index in [0.29, 0.717) is 37.6 Å². The van der Waals surface area contributed by atoms with Crippen molar-refractivity contribution in [3.63, 3.8) is 0 Å². The van der Waals surface area contributed by atoms with Crippen LogP contribution in [0.3, 0.4) is 0 Å². The van der Waals surface area contributed by atoms with Crippen LogP contribution in [0.25, 0.3) is 0 Å². The van der Waals surface area contributed by atoms with Crippen LogP contribution in [0.1, 0.15) is 36.0 Å². The van der Waals surface area contributed by atoms with Crippen molar-refractivity contribution in [2.45, 2.75) is 38.2 Å². The van der Waals surface area contributed by atoms with Gasteiger partial charge in [0.25, 0.3) is 0 Å². The van der Waals surface area contributed by atoms with Crippen molar-refractivity contribution in [3.8, 4) is 0 Å². The van der Waals surface area contributed by atoms with Gasteiger partial charge in [-0.3, -0.25) is 9.69 Å². The number of carboxylic acids is 1. The van der Waals surface area contributed by atoms with E-state index in [1.807, 2.05) is 0 Å². The van der Waals surface area contributed by atoms with Crippen LogP contribution >= 0.6 is 0 Å². The molecule has 1 aliphatic rings. The average Bonchev–Trinajstić information content (AvgIpc) is 2.44. The first kappa shape index (κ1) is 19.6. The van der Waals surface area contributed by atoms with Crippen LogP contribution in [0.2, 0.25) is 0 Å². The van der Waals surface area contributed by atoms with Gasteiger partial charge in [-0.2, -0.15) is 26.3 Å². The zero-order chi connectivity index (χ0) is 18.8. The van der Waals surface area contributed by atoms with Crippen molar-refractivity contribution >= 4 is 5.97 Å². The second-order valence-electron chi connectivity index (χ2n) is 6.21. The van der Waals surface area contributed by atoms with Gasteiger partial charge in [-0.25, -0.2) is 0 Å². The number of benzene rings is 1. The molecule has 0 radical (unpaired) electrons. The lowest BCUT2D eigenvalue weighted by Gasteiger charge is -2.32. The standard InChI is InChI=1S/C16H17F6NO2/c17-15(18,19)12-3-4-13(16(20,21)22)11(7-12)9-23-5-1-2-10(8-23)6-14(24)25/h3-4,7,10H,1-2,5-6,8-9H2,(H,24,25). The van der Waals surface area contributed by atoms with Crippen molar-refractivity contribution in [3.05, 3.63) is 34.9 Å². The first-order valence-corrected chi connectivity index (χ1v) is 7.68. The minimum atomic E-state index is -4.75. The molecule has 0 aliphatic carbocycles. The number of hydrogen-bond acceptors (Lipinski definition) is 2. The van der Waals surface area contributed by atoms with Crippen molar-refractivity contribution in [1.82, 2.24) is 4.90 Å². The number of rotatable bonds is 4. The molecule has 2 rings (SSSR count). The van der Waals surface area contributed by atoms with E-state index < -0.39 is 35.0 Å². The lowest BCUT2D eigenvalue weighted by Crippen LogP contribution is -2.36.